The highest BCUT2D eigenvalue weighted by Gasteiger charge is 2.19. The van der Waals surface area contributed by atoms with E-state index in [-0.39, 0.29) is 0 Å². The molecular weight excluding hydrogens is 701 g/mol. The number of aromatic nitrogens is 4. The summed E-state index contributed by atoms with van der Waals surface area (Å²) < 4.78 is 15.4. The maximum Gasteiger partial charge on any atom is 0.164 e. The van der Waals surface area contributed by atoms with Gasteiger partial charge in [-0.25, -0.2) is 15.0 Å². The molecule has 4 aromatic heterocycles. The van der Waals surface area contributed by atoms with Gasteiger partial charge in [0.1, 0.15) is 22.3 Å². The van der Waals surface area contributed by atoms with Crippen molar-refractivity contribution in [3.63, 3.8) is 0 Å². The second-order valence-corrected chi connectivity index (χ2v) is 14.4. The number of hydrogen-bond donors (Lipinski definition) is 0. The van der Waals surface area contributed by atoms with Crippen LogP contribution in [0.2, 0.25) is 0 Å². The molecule has 0 saturated heterocycles. The van der Waals surface area contributed by atoms with Crippen LogP contribution >= 0.6 is 0 Å². The largest absolute Gasteiger partial charge is 0.456 e. The van der Waals surface area contributed by atoms with Crippen LogP contribution in [0.4, 0.5) is 0 Å². The summed E-state index contributed by atoms with van der Waals surface area (Å²) in [6.07, 6.45) is 0. The summed E-state index contributed by atoms with van der Waals surface area (Å²) in [5, 5.41) is 6.49. The number of benzene rings is 8. The van der Waals surface area contributed by atoms with Gasteiger partial charge < -0.3 is 13.4 Å². The first kappa shape index (κ1) is 31.5. The lowest BCUT2D eigenvalue weighted by molar-refractivity contribution is 0.656. The third-order valence-corrected chi connectivity index (χ3v) is 11.0. The van der Waals surface area contributed by atoms with Gasteiger partial charge in [0.15, 0.2) is 17.5 Å². The molecule has 0 saturated carbocycles. The zero-order valence-electron chi connectivity index (χ0n) is 30.4. The molecule has 0 aliphatic carbocycles. The van der Waals surface area contributed by atoms with E-state index in [1.165, 1.54) is 21.9 Å². The highest BCUT2D eigenvalue weighted by molar-refractivity contribution is 6.16. The van der Waals surface area contributed by atoms with E-state index in [0.29, 0.717) is 17.5 Å². The fourth-order valence-corrected chi connectivity index (χ4v) is 8.31. The summed E-state index contributed by atoms with van der Waals surface area (Å²) in [6, 6.07) is 62.8. The van der Waals surface area contributed by atoms with E-state index in [4.69, 9.17) is 23.8 Å². The van der Waals surface area contributed by atoms with Crippen molar-refractivity contribution in [2.24, 2.45) is 0 Å². The number of para-hydroxylation sites is 1. The maximum absolute atomic E-state index is 6.62. The van der Waals surface area contributed by atoms with Crippen LogP contribution in [-0.4, -0.2) is 19.5 Å². The van der Waals surface area contributed by atoms with Crippen LogP contribution in [0.25, 0.3) is 117 Å². The minimum atomic E-state index is 0.599. The second kappa shape index (κ2) is 12.3. The molecule has 12 aromatic rings. The highest BCUT2D eigenvalue weighted by atomic mass is 16.3. The fraction of sp³-hybridized carbons (Fsp3) is 0. The number of hydrogen-bond acceptors (Lipinski definition) is 5. The van der Waals surface area contributed by atoms with Gasteiger partial charge in [-0.15, -0.1) is 0 Å². The van der Waals surface area contributed by atoms with Gasteiger partial charge in [-0.1, -0.05) is 121 Å². The number of rotatable bonds is 5. The Morgan fingerprint density at radius 2 is 0.825 bits per heavy atom. The predicted octanol–water partition coefficient (Wildman–Crippen LogP) is 13.4. The van der Waals surface area contributed by atoms with Crippen LogP contribution in [0.3, 0.4) is 0 Å². The SMILES string of the molecule is c1ccc(-c2ccc3c4ccccc4n(-c4ccc5c(c4)oc4cc6oc7ccc(-c8nc(-c9ccccc9)nc(-c9ccccc9)n8)cc7c6cc45)c3c2)cc1. The van der Waals surface area contributed by atoms with Gasteiger partial charge in [-0.3, -0.25) is 0 Å². The predicted molar refractivity (Wildman–Crippen MR) is 230 cm³/mol. The van der Waals surface area contributed by atoms with Crippen LogP contribution in [-0.2, 0) is 0 Å². The molecule has 6 heteroatoms. The number of nitrogens with zero attached hydrogens (tertiary/aromatic N) is 4. The van der Waals surface area contributed by atoms with Gasteiger partial charge in [0, 0.05) is 66.8 Å². The highest BCUT2D eigenvalue weighted by Crippen LogP contribution is 2.40. The number of furan rings is 2. The smallest absolute Gasteiger partial charge is 0.164 e. The molecule has 0 bridgehead atoms. The Labute approximate surface area is 325 Å². The summed E-state index contributed by atoms with van der Waals surface area (Å²) in [5.74, 6) is 1.85. The van der Waals surface area contributed by atoms with Gasteiger partial charge in [0.25, 0.3) is 0 Å². The normalized spacial score (nSPS) is 11.9. The first-order valence-corrected chi connectivity index (χ1v) is 19.0. The molecule has 0 radical (unpaired) electrons. The average molecular weight is 731 g/mol. The Balaban J connectivity index is 0.998. The summed E-state index contributed by atoms with van der Waals surface area (Å²) in [4.78, 5) is 14.8. The molecule has 0 amide bonds. The summed E-state index contributed by atoms with van der Waals surface area (Å²) in [6.45, 7) is 0. The fourth-order valence-electron chi connectivity index (χ4n) is 8.31. The van der Waals surface area contributed by atoms with Crippen LogP contribution in [0.1, 0.15) is 0 Å². The van der Waals surface area contributed by atoms with Crippen molar-refractivity contribution in [2.75, 3.05) is 0 Å². The third kappa shape index (κ3) is 5.08. The molecule has 0 aliphatic heterocycles. The van der Waals surface area contributed by atoms with Crippen molar-refractivity contribution >= 4 is 65.7 Å². The standard InChI is InChI=1S/C51H30N4O2/c1-4-12-31(13-5-1)34-20-23-38-37-18-10-11-19-43(37)55(44(38)27-34)36-22-24-39-41-29-42-40-26-35(21-25-45(40)56-48(42)30-47(41)57-46(39)28-36)51-53-49(32-14-6-2-7-15-32)52-50(54-51)33-16-8-3-9-17-33/h1-30H. The molecule has 266 valence electrons. The van der Waals surface area contributed by atoms with E-state index >= 15 is 0 Å². The molecule has 0 atom stereocenters. The van der Waals surface area contributed by atoms with Gasteiger partial charge in [-0.05, 0) is 59.7 Å². The van der Waals surface area contributed by atoms with Gasteiger partial charge in [-0.2, -0.15) is 0 Å². The van der Waals surface area contributed by atoms with Crippen molar-refractivity contribution in [1.29, 1.82) is 0 Å². The monoisotopic (exact) mass is 730 g/mol. The minimum absolute atomic E-state index is 0.599. The quantitative estimate of drug-likeness (QED) is 0.176. The van der Waals surface area contributed by atoms with Crippen molar-refractivity contribution < 1.29 is 8.83 Å². The van der Waals surface area contributed by atoms with Crippen LogP contribution in [0.5, 0.6) is 0 Å². The zero-order chi connectivity index (χ0) is 37.5. The first-order valence-electron chi connectivity index (χ1n) is 19.0. The topological polar surface area (TPSA) is 69.9 Å². The summed E-state index contributed by atoms with van der Waals surface area (Å²) >= 11 is 0. The maximum atomic E-state index is 6.62. The third-order valence-electron chi connectivity index (χ3n) is 11.0. The Morgan fingerprint density at radius 1 is 0.298 bits per heavy atom. The van der Waals surface area contributed by atoms with E-state index in [1.54, 1.807) is 0 Å². The lowest BCUT2D eigenvalue weighted by atomic mass is 10.0. The first-order chi connectivity index (χ1) is 28.2. The Bertz CT molecular complexity index is 3450. The minimum Gasteiger partial charge on any atom is -0.456 e. The molecule has 57 heavy (non-hydrogen) atoms. The number of fused-ring (bicyclic) bond motifs is 9. The van der Waals surface area contributed by atoms with Crippen molar-refractivity contribution in [1.82, 2.24) is 19.5 Å². The molecule has 0 fully saturated rings. The zero-order valence-corrected chi connectivity index (χ0v) is 30.4. The Hall–Kier alpha value is -7.83. The van der Waals surface area contributed by atoms with Gasteiger partial charge in [0.2, 0.25) is 0 Å². The van der Waals surface area contributed by atoms with E-state index in [9.17, 15) is 0 Å². The van der Waals surface area contributed by atoms with E-state index in [0.717, 1.165) is 77.3 Å². The Morgan fingerprint density at radius 3 is 1.54 bits per heavy atom. The van der Waals surface area contributed by atoms with E-state index in [1.807, 2.05) is 78.9 Å². The summed E-state index contributed by atoms with van der Waals surface area (Å²) in [7, 11) is 0. The molecule has 6 nitrogen and oxygen atoms in total. The Kier molecular flexibility index (Phi) is 6.83. The molecule has 0 aliphatic rings. The molecule has 0 unspecified atom stereocenters. The average Bonchev–Trinajstić information content (AvgIpc) is 3.94. The lowest BCUT2D eigenvalue weighted by Crippen LogP contribution is -2.00. The van der Waals surface area contributed by atoms with E-state index in [2.05, 4.69) is 108 Å². The molecule has 0 spiro atoms. The van der Waals surface area contributed by atoms with Crippen molar-refractivity contribution in [3.8, 4) is 51.0 Å². The lowest BCUT2D eigenvalue weighted by Gasteiger charge is -2.09. The molecule has 4 heterocycles. The molecule has 12 rings (SSSR count). The second-order valence-electron chi connectivity index (χ2n) is 14.4. The molecular formula is C51H30N4O2. The van der Waals surface area contributed by atoms with Crippen LogP contribution in [0.15, 0.2) is 191 Å². The van der Waals surface area contributed by atoms with Crippen LogP contribution in [0, 0.1) is 0 Å². The van der Waals surface area contributed by atoms with Gasteiger partial charge >= 0.3 is 0 Å². The van der Waals surface area contributed by atoms with Gasteiger partial charge in [0.05, 0.1) is 11.0 Å². The molecule has 8 aromatic carbocycles. The van der Waals surface area contributed by atoms with Crippen molar-refractivity contribution in [3.05, 3.63) is 182 Å². The van der Waals surface area contributed by atoms with Crippen LogP contribution < -0.4 is 0 Å². The summed E-state index contributed by atoms with van der Waals surface area (Å²) in [5.41, 5.74) is 11.6. The molecule has 0 N–H and O–H groups in total. The van der Waals surface area contributed by atoms with Crippen molar-refractivity contribution in [2.45, 2.75) is 0 Å². The van der Waals surface area contributed by atoms with E-state index < -0.39 is 0 Å².